The summed E-state index contributed by atoms with van der Waals surface area (Å²) in [5.41, 5.74) is 2.77. The van der Waals surface area contributed by atoms with E-state index >= 15 is 0 Å². The second-order valence-corrected chi connectivity index (χ2v) is 7.43. The molecular formula is C22H28ClN3O2. The predicted molar refractivity (Wildman–Crippen MR) is 115 cm³/mol. The fourth-order valence-electron chi connectivity index (χ4n) is 4.49. The monoisotopic (exact) mass is 401 g/mol. The maximum absolute atomic E-state index is 13.6. The Balaban J connectivity index is 0.00000225. The molecule has 1 saturated carbocycles. The molecule has 1 aliphatic rings. The first kappa shape index (κ1) is 20.6. The van der Waals surface area contributed by atoms with Crippen LogP contribution in [-0.4, -0.2) is 33.9 Å². The Morgan fingerprint density at radius 1 is 1.04 bits per heavy atom. The fourth-order valence-corrected chi connectivity index (χ4v) is 4.49. The average Bonchev–Trinajstić information content (AvgIpc) is 3.30. The van der Waals surface area contributed by atoms with Crippen molar-refractivity contribution in [1.29, 1.82) is 0 Å². The zero-order valence-electron chi connectivity index (χ0n) is 16.1. The van der Waals surface area contributed by atoms with E-state index in [1.165, 1.54) is 12.8 Å². The number of hydrogen-bond donors (Lipinski definition) is 2. The molecule has 2 aromatic carbocycles. The third kappa shape index (κ3) is 3.62. The Morgan fingerprint density at radius 3 is 2.29 bits per heavy atom. The van der Waals surface area contributed by atoms with Gasteiger partial charge in [-0.25, -0.2) is 4.79 Å². The van der Waals surface area contributed by atoms with Gasteiger partial charge in [0.2, 0.25) is 0 Å². The van der Waals surface area contributed by atoms with Gasteiger partial charge in [-0.1, -0.05) is 55.3 Å². The highest BCUT2D eigenvalue weighted by Crippen LogP contribution is 2.33. The van der Waals surface area contributed by atoms with Crippen LogP contribution in [0, 0.1) is 0 Å². The van der Waals surface area contributed by atoms with E-state index < -0.39 is 12.1 Å². The maximum Gasteiger partial charge on any atom is 0.330 e. The molecule has 0 aliphatic heterocycles. The SMILES string of the molecule is CNCC(O)C(c1ccccc1)n1c(=O)n(C2CCCC2)c2ccccc21.Cl. The van der Waals surface area contributed by atoms with Gasteiger partial charge in [0, 0.05) is 12.6 Å². The molecule has 2 N–H and O–H groups in total. The van der Waals surface area contributed by atoms with E-state index in [9.17, 15) is 9.90 Å². The number of para-hydroxylation sites is 2. The summed E-state index contributed by atoms with van der Waals surface area (Å²) in [7, 11) is 1.82. The largest absolute Gasteiger partial charge is 0.389 e. The van der Waals surface area contributed by atoms with Crippen LogP contribution >= 0.6 is 12.4 Å². The van der Waals surface area contributed by atoms with E-state index in [4.69, 9.17) is 0 Å². The highest BCUT2D eigenvalue weighted by Gasteiger charge is 2.30. The summed E-state index contributed by atoms with van der Waals surface area (Å²) >= 11 is 0. The number of rotatable bonds is 6. The molecule has 0 spiro atoms. The van der Waals surface area contributed by atoms with Crippen LogP contribution < -0.4 is 11.0 Å². The summed E-state index contributed by atoms with van der Waals surface area (Å²) in [4.78, 5) is 13.6. The number of halogens is 1. The number of nitrogens with zero attached hydrogens (tertiary/aromatic N) is 2. The normalized spacial score (nSPS) is 16.8. The van der Waals surface area contributed by atoms with Gasteiger partial charge in [0.25, 0.3) is 0 Å². The minimum atomic E-state index is -0.710. The van der Waals surface area contributed by atoms with Gasteiger partial charge in [0.1, 0.15) is 0 Å². The lowest BCUT2D eigenvalue weighted by Gasteiger charge is -2.25. The summed E-state index contributed by atoms with van der Waals surface area (Å²) in [6.07, 6.45) is 3.71. The number of likely N-dealkylation sites (N-methyl/N-ethyl adjacent to an activating group) is 1. The molecule has 2 unspecified atom stereocenters. The molecule has 0 radical (unpaired) electrons. The fraction of sp³-hybridized carbons (Fsp3) is 0.409. The van der Waals surface area contributed by atoms with Crippen LogP contribution in [0.15, 0.2) is 59.4 Å². The molecule has 1 fully saturated rings. The first-order chi connectivity index (χ1) is 13.2. The van der Waals surface area contributed by atoms with Crippen LogP contribution in [0.4, 0.5) is 0 Å². The number of aliphatic hydroxyl groups excluding tert-OH is 1. The first-order valence-corrected chi connectivity index (χ1v) is 9.81. The van der Waals surface area contributed by atoms with E-state index in [0.717, 1.165) is 29.4 Å². The summed E-state index contributed by atoms with van der Waals surface area (Å²) < 4.78 is 3.76. The van der Waals surface area contributed by atoms with Crippen molar-refractivity contribution in [3.63, 3.8) is 0 Å². The summed E-state index contributed by atoms with van der Waals surface area (Å²) in [6, 6.07) is 17.6. The number of hydrogen-bond acceptors (Lipinski definition) is 3. The van der Waals surface area contributed by atoms with Gasteiger partial charge in [0.15, 0.2) is 0 Å². The molecule has 0 amide bonds. The van der Waals surface area contributed by atoms with Crippen molar-refractivity contribution in [3.05, 3.63) is 70.6 Å². The molecule has 4 rings (SSSR count). The van der Waals surface area contributed by atoms with E-state index in [-0.39, 0.29) is 24.1 Å². The van der Waals surface area contributed by atoms with E-state index in [1.807, 2.05) is 66.2 Å². The van der Waals surface area contributed by atoms with Gasteiger partial charge >= 0.3 is 5.69 Å². The number of aliphatic hydroxyl groups is 1. The quantitative estimate of drug-likeness (QED) is 0.664. The summed E-state index contributed by atoms with van der Waals surface area (Å²) in [5.74, 6) is 0. The molecule has 0 saturated heterocycles. The molecule has 1 heterocycles. The molecular weight excluding hydrogens is 374 g/mol. The molecule has 2 atom stereocenters. The van der Waals surface area contributed by atoms with Crippen LogP contribution in [-0.2, 0) is 0 Å². The van der Waals surface area contributed by atoms with Gasteiger partial charge < -0.3 is 10.4 Å². The van der Waals surface area contributed by atoms with Crippen molar-refractivity contribution in [1.82, 2.24) is 14.5 Å². The second kappa shape index (κ2) is 8.95. The number of nitrogens with one attached hydrogen (secondary N) is 1. The Bertz CT molecular complexity index is 961. The molecule has 1 aromatic heterocycles. The lowest BCUT2D eigenvalue weighted by Crippen LogP contribution is -2.39. The Labute approximate surface area is 171 Å². The van der Waals surface area contributed by atoms with Crippen LogP contribution in [0.5, 0.6) is 0 Å². The molecule has 1 aliphatic carbocycles. The molecule has 28 heavy (non-hydrogen) atoms. The molecule has 6 heteroatoms. The topological polar surface area (TPSA) is 59.2 Å². The van der Waals surface area contributed by atoms with Gasteiger partial charge in [-0.2, -0.15) is 0 Å². The Morgan fingerprint density at radius 2 is 1.64 bits per heavy atom. The zero-order valence-corrected chi connectivity index (χ0v) is 16.9. The van der Waals surface area contributed by atoms with Crippen molar-refractivity contribution in [3.8, 4) is 0 Å². The van der Waals surface area contributed by atoms with Gasteiger partial charge in [0.05, 0.1) is 23.2 Å². The van der Waals surface area contributed by atoms with Crippen LogP contribution in [0.3, 0.4) is 0 Å². The smallest absolute Gasteiger partial charge is 0.330 e. The standard InChI is InChI=1S/C22H27N3O2.ClH/c1-23-15-20(26)21(16-9-3-2-4-10-16)25-19-14-8-7-13-18(19)24(22(25)27)17-11-5-6-12-17;/h2-4,7-10,13-14,17,20-21,23,26H,5-6,11-12,15H2,1H3;1H. The van der Waals surface area contributed by atoms with Crippen molar-refractivity contribution in [2.45, 2.75) is 43.9 Å². The summed E-state index contributed by atoms with van der Waals surface area (Å²) in [6.45, 7) is 0.412. The minimum absolute atomic E-state index is 0. The number of aromatic nitrogens is 2. The predicted octanol–water partition coefficient (Wildman–Crippen LogP) is 3.51. The van der Waals surface area contributed by atoms with Crippen molar-refractivity contribution >= 4 is 23.4 Å². The lowest BCUT2D eigenvalue weighted by molar-refractivity contribution is 0.130. The second-order valence-electron chi connectivity index (χ2n) is 7.43. The van der Waals surface area contributed by atoms with Crippen LogP contribution in [0.2, 0.25) is 0 Å². The summed E-state index contributed by atoms with van der Waals surface area (Å²) in [5, 5.41) is 14.0. The minimum Gasteiger partial charge on any atom is -0.389 e. The van der Waals surface area contributed by atoms with Gasteiger partial charge in [-0.15, -0.1) is 12.4 Å². The van der Waals surface area contributed by atoms with Crippen molar-refractivity contribution < 1.29 is 5.11 Å². The first-order valence-electron chi connectivity index (χ1n) is 9.81. The maximum atomic E-state index is 13.6. The molecule has 150 valence electrons. The van der Waals surface area contributed by atoms with Gasteiger partial charge in [-0.3, -0.25) is 9.13 Å². The number of imidazole rings is 1. The average molecular weight is 402 g/mol. The number of benzene rings is 2. The molecule has 0 bridgehead atoms. The van der Waals surface area contributed by atoms with E-state index in [2.05, 4.69) is 5.32 Å². The van der Waals surface area contributed by atoms with Crippen molar-refractivity contribution in [2.24, 2.45) is 0 Å². The van der Waals surface area contributed by atoms with Crippen molar-refractivity contribution in [2.75, 3.05) is 13.6 Å². The van der Waals surface area contributed by atoms with E-state index in [0.29, 0.717) is 6.54 Å². The number of fused-ring (bicyclic) bond motifs is 1. The highest BCUT2D eigenvalue weighted by atomic mass is 35.5. The highest BCUT2D eigenvalue weighted by molar-refractivity contribution is 5.85. The third-order valence-electron chi connectivity index (χ3n) is 5.70. The Hall–Kier alpha value is -2.08. The van der Waals surface area contributed by atoms with Crippen LogP contribution in [0.25, 0.3) is 11.0 Å². The van der Waals surface area contributed by atoms with Crippen LogP contribution in [0.1, 0.15) is 43.3 Å². The molecule has 5 nitrogen and oxygen atoms in total. The zero-order chi connectivity index (χ0) is 18.8. The van der Waals surface area contributed by atoms with Gasteiger partial charge in [-0.05, 0) is 37.6 Å². The third-order valence-corrected chi connectivity index (χ3v) is 5.70. The molecule has 3 aromatic rings. The van der Waals surface area contributed by atoms with E-state index in [1.54, 1.807) is 4.57 Å². The Kier molecular flexibility index (Phi) is 6.60. The lowest BCUT2D eigenvalue weighted by atomic mass is 10.0.